The Bertz CT molecular complexity index is 705. The standard InChI is InChI=1S/C17H21N3O2/c1-4-14(15-7-6-12(3)11-18-15)19-17(22)13-8-9-20(5-2)16(21)10-13/h6-11,14H,4-5H2,1-3H3,(H,19,22)/t14-/m0/s1. The van der Waals surface area contributed by atoms with Crippen LogP contribution < -0.4 is 10.9 Å². The Hall–Kier alpha value is -2.43. The average Bonchev–Trinajstić information content (AvgIpc) is 2.53. The lowest BCUT2D eigenvalue weighted by Gasteiger charge is -2.17. The van der Waals surface area contributed by atoms with Gasteiger partial charge in [-0.05, 0) is 38.0 Å². The molecule has 0 fully saturated rings. The number of pyridine rings is 2. The normalized spacial score (nSPS) is 12.0. The zero-order valence-corrected chi connectivity index (χ0v) is 13.2. The van der Waals surface area contributed by atoms with Crippen LogP contribution in [0.4, 0.5) is 0 Å². The zero-order valence-electron chi connectivity index (χ0n) is 13.2. The third-order valence-corrected chi connectivity index (χ3v) is 3.60. The third kappa shape index (κ3) is 3.61. The summed E-state index contributed by atoms with van der Waals surface area (Å²) >= 11 is 0. The molecule has 5 heteroatoms. The highest BCUT2D eigenvalue weighted by molar-refractivity contribution is 5.94. The quantitative estimate of drug-likeness (QED) is 0.922. The number of aryl methyl sites for hydroxylation is 2. The fourth-order valence-corrected chi connectivity index (χ4v) is 2.22. The molecule has 0 unspecified atom stereocenters. The average molecular weight is 299 g/mol. The van der Waals surface area contributed by atoms with Gasteiger partial charge in [-0.25, -0.2) is 0 Å². The van der Waals surface area contributed by atoms with Crippen LogP contribution in [0, 0.1) is 6.92 Å². The molecule has 22 heavy (non-hydrogen) atoms. The maximum Gasteiger partial charge on any atom is 0.252 e. The molecule has 2 heterocycles. The largest absolute Gasteiger partial charge is 0.344 e. The second-order valence-corrected chi connectivity index (χ2v) is 5.23. The lowest BCUT2D eigenvalue weighted by atomic mass is 10.1. The lowest BCUT2D eigenvalue weighted by molar-refractivity contribution is 0.0934. The van der Waals surface area contributed by atoms with E-state index in [-0.39, 0.29) is 17.5 Å². The Labute approximate surface area is 130 Å². The molecule has 1 amide bonds. The molecule has 1 N–H and O–H groups in total. The van der Waals surface area contributed by atoms with Crippen LogP contribution >= 0.6 is 0 Å². The molecule has 0 bridgehead atoms. The van der Waals surface area contributed by atoms with Gasteiger partial charge in [-0.15, -0.1) is 0 Å². The maximum absolute atomic E-state index is 12.3. The predicted molar refractivity (Wildman–Crippen MR) is 85.8 cm³/mol. The number of rotatable bonds is 5. The first-order chi connectivity index (χ1) is 10.5. The van der Waals surface area contributed by atoms with Crippen LogP contribution in [0.3, 0.4) is 0 Å². The van der Waals surface area contributed by atoms with E-state index in [1.165, 1.54) is 6.07 Å². The number of nitrogens with zero attached hydrogens (tertiary/aromatic N) is 2. The first-order valence-electron chi connectivity index (χ1n) is 7.49. The van der Waals surface area contributed by atoms with E-state index in [1.54, 1.807) is 23.0 Å². The van der Waals surface area contributed by atoms with Gasteiger partial charge in [0.1, 0.15) is 0 Å². The summed E-state index contributed by atoms with van der Waals surface area (Å²) in [6.45, 7) is 6.43. The number of hydrogen-bond donors (Lipinski definition) is 1. The van der Waals surface area contributed by atoms with Crippen molar-refractivity contribution in [1.82, 2.24) is 14.9 Å². The molecule has 116 valence electrons. The van der Waals surface area contributed by atoms with E-state index < -0.39 is 0 Å². The monoisotopic (exact) mass is 299 g/mol. The second-order valence-electron chi connectivity index (χ2n) is 5.23. The Morgan fingerprint density at radius 3 is 2.64 bits per heavy atom. The van der Waals surface area contributed by atoms with Gasteiger partial charge in [0.05, 0.1) is 11.7 Å². The van der Waals surface area contributed by atoms with Gasteiger partial charge >= 0.3 is 0 Å². The zero-order chi connectivity index (χ0) is 16.1. The van der Waals surface area contributed by atoms with Crippen molar-refractivity contribution >= 4 is 5.91 Å². The topological polar surface area (TPSA) is 64.0 Å². The summed E-state index contributed by atoms with van der Waals surface area (Å²) in [5, 5.41) is 2.93. The number of amides is 1. The van der Waals surface area contributed by atoms with E-state index in [2.05, 4.69) is 10.3 Å². The Kier molecular flexibility index (Phi) is 5.09. The van der Waals surface area contributed by atoms with E-state index in [0.717, 1.165) is 17.7 Å². The van der Waals surface area contributed by atoms with E-state index in [4.69, 9.17) is 0 Å². The van der Waals surface area contributed by atoms with Crippen molar-refractivity contribution in [2.45, 2.75) is 39.8 Å². The predicted octanol–water partition coefficient (Wildman–Crippen LogP) is 2.45. The number of hydrogen-bond acceptors (Lipinski definition) is 3. The highest BCUT2D eigenvalue weighted by Gasteiger charge is 2.15. The molecule has 2 aromatic heterocycles. The van der Waals surface area contributed by atoms with Gasteiger partial charge in [0, 0.05) is 30.6 Å². The Morgan fingerprint density at radius 2 is 2.09 bits per heavy atom. The number of carbonyl (C=O) groups excluding carboxylic acids is 1. The van der Waals surface area contributed by atoms with Gasteiger partial charge in [0.2, 0.25) is 0 Å². The third-order valence-electron chi connectivity index (χ3n) is 3.60. The van der Waals surface area contributed by atoms with Crippen LogP contribution in [0.5, 0.6) is 0 Å². The van der Waals surface area contributed by atoms with Gasteiger partial charge in [0.25, 0.3) is 11.5 Å². The molecular formula is C17H21N3O2. The summed E-state index contributed by atoms with van der Waals surface area (Å²) in [4.78, 5) is 28.5. The summed E-state index contributed by atoms with van der Waals surface area (Å²) in [5.41, 5.74) is 2.10. The van der Waals surface area contributed by atoms with Gasteiger partial charge in [0.15, 0.2) is 0 Å². The molecule has 0 aliphatic heterocycles. The first kappa shape index (κ1) is 15.9. The maximum atomic E-state index is 12.3. The van der Waals surface area contributed by atoms with Crippen molar-refractivity contribution in [1.29, 1.82) is 0 Å². The fourth-order valence-electron chi connectivity index (χ4n) is 2.22. The van der Waals surface area contributed by atoms with Crippen molar-refractivity contribution in [2.24, 2.45) is 0 Å². The van der Waals surface area contributed by atoms with Crippen molar-refractivity contribution in [3.05, 3.63) is 63.8 Å². The summed E-state index contributed by atoms with van der Waals surface area (Å²) in [7, 11) is 0. The van der Waals surface area contributed by atoms with Gasteiger partial charge < -0.3 is 9.88 Å². The van der Waals surface area contributed by atoms with E-state index in [9.17, 15) is 9.59 Å². The minimum Gasteiger partial charge on any atom is -0.344 e. The van der Waals surface area contributed by atoms with E-state index in [0.29, 0.717) is 12.1 Å². The second kappa shape index (κ2) is 7.02. The highest BCUT2D eigenvalue weighted by atomic mass is 16.2. The molecule has 0 spiro atoms. The van der Waals surface area contributed by atoms with E-state index >= 15 is 0 Å². The molecule has 0 saturated heterocycles. The molecule has 0 saturated carbocycles. The Morgan fingerprint density at radius 1 is 1.32 bits per heavy atom. The summed E-state index contributed by atoms with van der Waals surface area (Å²) in [5.74, 6) is -0.255. The summed E-state index contributed by atoms with van der Waals surface area (Å²) in [6.07, 6.45) is 4.16. The van der Waals surface area contributed by atoms with Gasteiger partial charge in [-0.1, -0.05) is 13.0 Å². The molecule has 0 aliphatic carbocycles. The minimum absolute atomic E-state index is 0.165. The van der Waals surface area contributed by atoms with Gasteiger partial charge in [-0.2, -0.15) is 0 Å². The van der Waals surface area contributed by atoms with Crippen LogP contribution in [0.25, 0.3) is 0 Å². The number of carbonyl (C=O) groups is 1. The van der Waals surface area contributed by atoms with Crippen LogP contribution in [-0.2, 0) is 6.54 Å². The Balaban J connectivity index is 2.17. The molecule has 1 atom stereocenters. The fraction of sp³-hybridized carbons (Fsp3) is 0.353. The highest BCUT2D eigenvalue weighted by Crippen LogP contribution is 2.15. The SMILES string of the molecule is CC[C@H](NC(=O)c1ccn(CC)c(=O)c1)c1ccc(C)cn1. The van der Waals surface area contributed by atoms with Crippen LogP contribution in [0.15, 0.2) is 41.5 Å². The molecule has 0 aromatic carbocycles. The van der Waals surface area contributed by atoms with Crippen molar-refractivity contribution in [2.75, 3.05) is 0 Å². The van der Waals surface area contributed by atoms with Crippen molar-refractivity contribution in [3.63, 3.8) is 0 Å². The lowest BCUT2D eigenvalue weighted by Crippen LogP contribution is -2.30. The van der Waals surface area contributed by atoms with Crippen LogP contribution in [0.2, 0.25) is 0 Å². The summed E-state index contributed by atoms with van der Waals surface area (Å²) in [6, 6.07) is 6.75. The molecule has 2 aromatic rings. The number of aromatic nitrogens is 2. The molecule has 5 nitrogen and oxygen atoms in total. The van der Waals surface area contributed by atoms with Crippen LogP contribution in [0.1, 0.15) is 47.9 Å². The molecule has 2 rings (SSSR count). The smallest absolute Gasteiger partial charge is 0.252 e. The first-order valence-corrected chi connectivity index (χ1v) is 7.49. The molecule has 0 aliphatic rings. The van der Waals surface area contributed by atoms with Crippen LogP contribution in [-0.4, -0.2) is 15.5 Å². The number of nitrogens with one attached hydrogen (secondary N) is 1. The molecular weight excluding hydrogens is 278 g/mol. The van der Waals surface area contributed by atoms with Crippen molar-refractivity contribution < 1.29 is 4.79 Å². The van der Waals surface area contributed by atoms with E-state index in [1.807, 2.05) is 32.9 Å². The van der Waals surface area contributed by atoms with Gasteiger partial charge in [-0.3, -0.25) is 14.6 Å². The van der Waals surface area contributed by atoms with Crippen molar-refractivity contribution in [3.8, 4) is 0 Å². The summed E-state index contributed by atoms with van der Waals surface area (Å²) < 4.78 is 1.55. The minimum atomic E-state index is -0.255. The molecule has 0 radical (unpaired) electrons.